The van der Waals surface area contributed by atoms with E-state index in [1.165, 1.54) is 6.07 Å². The molecule has 0 aliphatic heterocycles. The lowest BCUT2D eigenvalue weighted by molar-refractivity contribution is 0.101. The highest BCUT2D eigenvalue weighted by Gasteiger charge is 2.12. The molecule has 7 heteroatoms. The highest BCUT2D eigenvalue weighted by Crippen LogP contribution is 2.13. The van der Waals surface area contributed by atoms with Gasteiger partial charge in [-0.1, -0.05) is 0 Å². The van der Waals surface area contributed by atoms with Crippen LogP contribution in [0.1, 0.15) is 16.4 Å². The van der Waals surface area contributed by atoms with Gasteiger partial charge in [0.1, 0.15) is 5.82 Å². The van der Waals surface area contributed by atoms with Gasteiger partial charge in [-0.05, 0) is 19.1 Å². The Morgan fingerprint density at radius 3 is 2.71 bits per heavy atom. The minimum atomic E-state index is -1.03. The van der Waals surface area contributed by atoms with E-state index in [4.69, 9.17) is 0 Å². The molecular formula is C10H8F2N4O. The molecule has 1 heterocycles. The number of aryl methyl sites for hydroxylation is 1. The number of nitrogens with one attached hydrogen (secondary N) is 2. The number of anilines is 1. The number of amides is 1. The number of carbonyl (C=O) groups excluding carboxylic acids is 1. The van der Waals surface area contributed by atoms with Crippen LogP contribution in [0.4, 0.5) is 14.5 Å². The monoisotopic (exact) mass is 238 g/mol. The van der Waals surface area contributed by atoms with Crippen LogP contribution in [0.15, 0.2) is 18.2 Å². The van der Waals surface area contributed by atoms with Crippen molar-refractivity contribution in [2.75, 3.05) is 5.32 Å². The van der Waals surface area contributed by atoms with Gasteiger partial charge < -0.3 is 5.32 Å². The van der Waals surface area contributed by atoms with E-state index in [1.807, 2.05) is 0 Å². The molecule has 2 rings (SSSR count). The second-order valence-corrected chi connectivity index (χ2v) is 3.33. The Balaban J connectivity index is 2.15. The number of hydrogen-bond acceptors (Lipinski definition) is 3. The minimum absolute atomic E-state index is 0.0627. The van der Waals surface area contributed by atoms with Gasteiger partial charge in [-0.2, -0.15) is 0 Å². The molecular weight excluding hydrogens is 230 g/mol. The summed E-state index contributed by atoms with van der Waals surface area (Å²) in [7, 11) is 0. The first-order chi connectivity index (χ1) is 8.06. The quantitative estimate of drug-likeness (QED) is 0.835. The number of benzene rings is 1. The number of H-pyrrole nitrogens is 1. The summed E-state index contributed by atoms with van der Waals surface area (Å²) in [6, 6.07) is 3.05. The lowest BCUT2D eigenvalue weighted by atomic mass is 10.3. The maximum absolute atomic E-state index is 12.9. The van der Waals surface area contributed by atoms with E-state index in [9.17, 15) is 13.6 Å². The summed E-state index contributed by atoms with van der Waals surface area (Å²) in [5.74, 6) is -2.18. The molecule has 88 valence electrons. The maximum atomic E-state index is 12.9. The molecule has 0 aliphatic carbocycles. The average molecular weight is 238 g/mol. The summed E-state index contributed by atoms with van der Waals surface area (Å²) < 4.78 is 25.5. The maximum Gasteiger partial charge on any atom is 0.295 e. The third-order valence-electron chi connectivity index (χ3n) is 1.98. The molecule has 0 radical (unpaired) electrons. The van der Waals surface area contributed by atoms with Gasteiger partial charge in [-0.15, -0.1) is 5.10 Å². The molecule has 0 spiro atoms. The predicted octanol–water partition coefficient (Wildman–Crippen LogP) is 1.64. The molecule has 1 amide bonds. The van der Waals surface area contributed by atoms with E-state index in [-0.39, 0.29) is 11.5 Å². The summed E-state index contributed by atoms with van der Waals surface area (Å²) in [5, 5.41) is 8.48. The number of carbonyl (C=O) groups is 1. The van der Waals surface area contributed by atoms with E-state index in [2.05, 4.69) is 20.5 Å². The Hall–Kier alpha value is -2.31. The standard InChI is InChI=1S/C10H8F2N4O/c1-5-13-9(16-15-5)10(17)14-6-2-3-7(11)8(12)4-6/h2-4H,1H3,(H,14,17)(H,13,15,16). The third-order valence-corrected chi connectivity index (χ3v) is 1.98. The van der Waals surface area contributed by atoms with E-state index in [0.29, 0.717) is 5.82 Å². The molecule has 0 saturated heterocycles. The van der Waals surface area contributed by atoms with Gasteiger partial charge >= 0.3 is 0 Å². The molecule has 17 heavy (non-hydrogen) atoms. The molecule has 2 aromatic rings. The minimum Gasteiger partial charge on any atom is -0.319 e. The first-order valence-electron chi connectivity index (χ1n) is 4.71. The van der Waals surface area contributed by atoms with Crippen molar-refractivity contribution in [1.29, 1.82) is 0 Å². The van der Waals surface area contributed by atoms with Crippen LogP contribution in [0, 0.1) is 18.6 Å². The van der Waals surface area contributed by atoms with Gasteiger partial charge in [0.15, 0.2) is 11.6 Å². The van der Waals surface area contributed by atoms with Gasteiger partial charge in [-0.3, -0.25) is 9.89 Å². The first-order valence-corrected chi connectivity index (χ1v) is 4.71. The molecule has 5 nitrogen and oxygen atoms in total. The molecule has 1 aromatic heterocycles. The molecule has 1 aromatic carbocycles. The van der Waals surface area contributed by atoms with Crippen LogP contribution >= 0.6 is 0 Å². The Morgan fingerprint density at radius 2 is 2.12 bits per heavy atom. The molecule has 0 aliphatic rings. The van der Waals surface area contributed by atoms with E-state index >= 15 is 0 Å². The number of aromatic nitrogens is 3. The topological polar surface area (TPSA) is 70.7 Å². The van der Waals surface area contributed by atoms with E-state index in [1.54, 1.807) is 6.92 Å². The van der Waals surface area contributed by atoms with Gasteiger partial charge in [0.2, 0.25) is 5.82 Å². The summed E-state index contributed by atoms with van der Waals surface area (Å²) in [6.45, 7) is 1.64. The van der Waals surface area contributed by atoms with Crippen molar-refractivity contribution in [1.82, 2.24) is 15.2 Å². The van der Waals surface area contributed by atoms with Gasteiger partial charge in [0.05, 0.1) is 0 Å². The number of nitrogens with zero attached hydrogens (tertiary/aromatic N) is 2. The smallest absolute Gasteiger partial charge is 0.295 e. The van der Waals surface area contributed by atoms with Gasteiger partial charge in [0.25, 0.3) is 5.91 Å². The van der Waals surface area contributed by atoms with Gasteiger partial charge in [0, 0.05) is 11.8 Å². The molecule has 0 fully saturated rings. The molecule has 2 N–H and O–H groups in total. The van der Waals surface area contributed by atoms with Crippen LogP contribution in [-0.4, -0.2) is 21.1 Å². The highest BCUT2D eigenvalue weighted by atomic mass is 19.2. The number of hydrogen-bond donors (Lipinski definition) is 2. The number of aromatic amines is 1. The summed E-state index contributed by atoms with van der Waals surface area (Å²) in [4.78, 5) is 15.4. The van der Waals surface area contributed by atoms with Crippen molar-refractivity contribution in [3.05, 3.63) is 41.5 Å². The van der Waals surface area contributed by atoms with Crippen molar-refractivity contribution in [2.45, 2.75) is 6.92 Å². The zero-order valence-corrected chi connectivity index (χ0v) is 8.79. The largest absolute Gasteiger partial charge is 0.319 e. The van der Waals surface area contributed by atoms with Crippen LogP contribution in [0.2, 0.25) is 0 Å². The van der Waals surface area contributed by atoms with Crippen LogP contribution in [-0.2, 0) is 0 Å². The van der Waals surface area contributed by atoms with Crippen LogP contribution in [0.3, 0.4) is 0 Å². The Labute approximate surface area is 94.9 Å². The fraction of sp³-hybridized carbons (Fsp3) is 0.100. The second kappa shape index (κ2) is 4.28. The van der Waals surface area contributed by atoms with Crippen molar-refractivity contribution in [3.8, 4) is 0 Å². The Kier molecular flexibility index (Phi) is 2.82. The zero-order valence-electron chi connectivity index (χ0n) is 8.79. The predicted molar refractivity (Wildman–Crippen MR) is 55.4 cm³/mol. The Morgan fingerprint density at radius 1 is 1.35 bits per heavy atom. The molecule has 0 atom stereocenters. The summed E-state index contributed by atoms with van der Waals surface area (Å²) >= 11 is 0. The fourth-order valence-corrected chi connectivity index (χ4v) is 1.21. The highest BCUT2D eigenvalue weighted by molar-refractivity contribution is 6.01. The fourth-order valence-electron chi connectivity index (χ4n) is 1.21. The van der Waals surface area contributed by atoms with Crippen LogP contribution in [0.5, 0.6) is 0 Å². The SMILES string of the molecule is Cc1nc(C(=O)Nc2ccc(F)c(F)c2)n[nH]1. The van der Waals surface area contributed by atoms with Crippen molar-refractivity contribution < 1.29 is 13.6 Å². The lowest BCUT2D eigenvalue weighted by Gasteiger charge is -2.02. The van der Waals surface area contributed by atoms with Crippen molar-refractivity contribution in [2.24, 2.45) is 0 Å². The molecule has 0 bridgehead atoms. The second-order valence-electron chi connectivity index (χ2n) is 3.33. The van der Waals surface area contributed by atoms with E-state index < -0.39 is 17.5 Å². The van der Waals surface area contributed by atoms with Crippen LogP contribution in [0.25, 0.3) is 0 Å². The summed E-state index contributed by atoms with van der Waals surface area (Å²) in [5.41, 5.74) is 0.136. The average Bonchev–Trinajstić information content (AvgIpc) is 2.70. The number of rotatable bonds is 2. The Bertz CT molecular complexity index is 567. The zero-order chi connectivity index (χ0) is 12.4. The lowest BCUT2D eigenvalue weighted by Crippen LogP contribution is -2.14. The molecule has 0 unspecified atom stereocenters. The van der Waals surface area contributed by atoms with Crippen LogP contribution < -0.4 is 5.32 Å². The first kappa shape index (κ1) is 11.2. The number of halogens is 2. The van der Waals surface area contributed by atoms with E-state index in [0.717, 1.165) is 12.1 Å². The van der Waals surface area contributed by atoms with Gasteiger partial charge in [-0.25, -0.2) is 13.8 Å². The van der Waals surface area contributed by atoms with Crippen molar-refractivity contribution in [3.63, 3.8) is 0 Å². The third kappa shape index (κ3) is 2.44. The summed E-state index contributed by atoms with van der Waals surface area (Å²) in [6.07, 6.45) is 0. The molecule has 0 saturated carbocycles. The normalized spacial score (nSPS) is 10.3. The van der Waals surface area contributed by atoms with Crippen molar-refractivity contribution >= 4 is 11.6 Å².